The number of carbonyl (C=O) groups is 1. The summed E-state index contributed by atoms with van der Waals surface area (Å²) in [6, 6.07) is 10.3. The number of nitrogens with one attached hydrogen (secondary N) is 2. The fourth-order valence-corrected chi connectivity index (χ4v) is 5.05. The smallest absolute Gasteiger partial charge is 0.251 e. The molecule has 1 fully saturated rings. The maximum Gasteiger partial charge on any atom is 0.251 e. The summed E-state index contributed by atoms with van der Waals surface area (Å²) in [6.07, 6.45) is 7.59. The number of amides is 1. The number of β-amino-alcohol motifs (C(OH)–C–C–N with tert-alkyl or cyclic N) is 1. The van der Waals surface area contributed by atoms with Crippen LogP contribution in [0.5, 0.6) is 5.75 Å². The lowest BCUT2D eigenvalue weighted by molar-refractivity contribution is 0.0841. The predicted molar refractivity (Wildman–Crippen MR) is 149 cm³/mol. The molecule has 0 unspecified atom stereocenters. The summed E-state index contributed by atoms with van der Waals surface area (Å²) < 4.78 is 11.0. The fraction of sp³-hybridized carbons (Fsp3) is 0.500. The number of ether oxygens (including phenoxy) is 1. The highest BCUT2D eigenvalue weighted by atomic mass is 16.5. The van der Waals surface area contributed by atoms with Crippen LogP contribution in [0.3, 0.4) is 0 Å². The second kappa shape index (κ2) is 12.6. The van der Waals surface area contributed by atoms with Gasteiger partial charge in [0.15, 0.2) is 12.2 Å². The zero-order valence-electron chi connectivity index (χ0n) is 22.9. The third kappa shape index (κ3) is 7.58. The van der Waals surface area contributed by atoms with E-state index in [0.29, 0.717) is 36.4 Å². The summed E-state index contributed by atoms with van der Waals surface area (Å²) in [5.41, 5.74) is 3.98. The SMILES string of the molecule is CC(C)Cc1cc(C(=O)NC[C@H](O)CN2CCc3cc(OCc4cnco4)ccc3C2)cc(NC2CCC2)n1. The number of oxazole rings is 1. The molecule has 3 heterocycles. The van der Waals surface area contributed by atoms with Gasteiger partial charge in [-0.1, -0.05) is 19.9 Å². The number of aromatic nitrogens is 2. The average Bonchev–Trinajstić information content (AvgIpc) is 3.41. The zero-order chi connectivity index (χ0) is 27.2. The number of aliphatic hydroxyl groups excluding tert-OH is 1. The molecule has 1 aliphatic carbocycles. The molecule has 0 saturated heterocycles. The van der Waals surface area contributed by atoms with E-state index in [-0.39, 0.29) is 12.5 Å². The van der Waals surface area contributed by atoms with Crippen molar-refractivity contribution in [2.75, 3.05) is 25.0 Å². The Morgan fingerprint density at radius 1 is 1.23 bits per heavy atom. The van der Waals surface area contributed by atoms with E-state index in [1.165, 1.54) is 23.9 Å². The monoisotopic (exact) mass is 533 g/mol. The maximum atomic E-state index is 13.0. The Kier molecular flexibility index (Phi) is 8.78. The summed E-state index contributed by atoms with van der Waals surface area (Å²) in [7, 11) is 0. The van der Waals surface area contributed by atoms with E-state index in [4.69, 9.17) is 14.1 Å². The number of fused-ring (bicyclic) bond motifs is 1. The Balaban J connectivity index is 1.11. The van der Waals surface area contributed by atoms with E-state index in [0.717, 1.165) is 56.0 Å². The quantitative estimate of drug-likeness (QED) is 0.321. The van der Waals surface area contributed by atoms with Crippen molar-refractivity contribution >= 4 is 11.7 Å². The minimum Gasteiger partial charge on any atom is -0.486 e. The molecule has 3 N–H and O–H groups in total. The molecule has 9 heteroatoms. The minimum atomic E-state index is -0.662. The molecule has 1 saturated carbocycles. The zero-order valence-corrected chi connectivity index (χ0v) is 22.9. The van der Waals surface area contributed by atoms with Crippen molar-refractivity contribution in [1.29, 1.82) is 0 Å². The van der Waals surface area contributed by atoms with Crippen molar-refractivity contribution in [2.45, 2.75) is 71.2 Å². The molecular formula is C30H39N5O4. The molecule has 3 aromatic rings. The Hall–Kier alpha value is -3.43. The van der Waals surface area contributed by atoms with Crippen molar-refractivity contribution in [3.8, 4) is 5.75 Å². The fourth-order valence-electron chi connectivity index (χ4n) is 5.05. The van der Waals surface area contributed by atoms with Gasteiger partial charge in [-0.15, -0.1) is 0 Å². The van der Waals surface area contributed by atoms with Gasteiger partial charge in [-0.25, -0.2) is 9.97 Å². The highest BCUT2D eigenvalue weighted by Crippen LogP contribution is 2.25. The van der Waals surface area contributed by atoms with Crippen LogP contribution in [0.15, 0.2) is 47.3 Å². The molecule has 1 aromatic carbocycles. The Bertz CT molecular complexity index is 1240. The summed E-state index contributed by atoms with van der Waals surface area (Å²) in [5.74, 6) is 2.52. The van der Waals surface area contributed by atoms with Crippen LogP contribution >= 0.6 is 0 Å². The second-order valence-corrected chi connectivity index (χ2v) is 11.1. The first kappa shape index (κ1) is 27.1. The van der Waals surface area contributed by atoms with Crippen LogP contribution in [0, 0.1) is 5.92 Å². The minimum absolute atomic E-state index is 0.181. The van der Waals surface area contributed by atoms with Gasteiger partial charge in [0.25, 0.3) is 5.91 Å². The molecule has 2 aliphatic rings. The summed E-state index contributed by atoms with van der Waals surface area (Å²) in [6.45, 7) is 6.92. The van der Waals surface area contributed by atoms with Gasteiger partial charge in [0.2, 0.25) is 0 Å². The molecule has 39 heavy (non-hydrogen) atoms. The summed E-state index contributed by atoms with van der Waals surface area (Å²) in [5, 5.41) is 17.1. The van der Waals surface area contributed by atoms with Gasteiger partial charge in [0.05, 0.1) is 12.3 Å². The lowest BCUT2D eigenvalue weighted by Crippen LogP contribution is -2.42. The molecule has 1 atom stereocenters. The van der Waals surface area contributed by atoms with Crippen LogP contribution < -0.4 is 15.4 Å². The number of hydrogen-bond donors (Lipinski definition) is 3. The van der Waals surface area contributed by atoms with E-state index in [1.54, 1.807) is 6.20 Å². The average molecular weight is 534 g/mol. The standard InChI is InChI=1S/C30H39N5O4/c1-20(2)10-25-11-23(13-29(34-25)33-24-4-3-5-24)30(37)32-14-26(36)17-35-9-8-21-12-27(7-6-22(21)16-35)38-18-28-15-31-19-39-28/h6-7,11-13,15,19-20,24,26,36H,3-5,8-10,14,16-18H2,1-2H3,(H,32,37)(H,33,34)/t26-/m0/s1. The molecule has 0 spiro atoms. The molecule has 1 aliphatic heterocycles. The Morgan fingerprint density at radius 2 is 2.10 bits per heavy atom. The lowest BCUT2D eigenvalue weighted by atomic mass is 9.93. The van der Waals surface area contributed by atoms with Gasteiger partial charge in [-0.2, -0.15) is 0 Å². The number of benzene rings is 1. The number of nitrogens with zero attached hydrogens (tertiary/aromatic N) is 3. The predicted octanol–water partition coefficient (Wildman–Crippen LogP) is 3.96. The third-order valence-corrected chi connectivity index (χ3v) is 7.32. The van der Waals surface area contributed by atoms with E-state index in [1.807, 2.05) is 18.2 Å². The topological polar surface area (TPSA) is 113 Å². The van der Waals surface area contributed by atoms with Gasteiger partial charge < -0.3 is 24.9 Å². The van der Waals surface area contributed by atoms with Crippen LogP contribution in [-0.4, -0.2) is 57.7 Å². The number of anilines is 1. The van der Waals surface area contributed by atoms with Crippen molar-refractivity contribution < 1.29 is 19.1 Å². The van der Waals surface area contributed by atoms with Gasteiger partial charge in [-0.3, -0.25) is 9.69 Å². The molecular weight excluding hydrogens is 494 g/mol. The first-order valence-electron chi connectivity index (χ1n) is 14.0. The number of pyridine rings is 1. The van der Waals surface area contributed by atoms with Gasteiger partial charge >= 0.3 is 0 Å². The molecule has 208 valence electrons. The normalized spacial score (nSPS) is 16.4. The number of rotatable bonds is 12. The summed E-state index contributed by atoms with van der Waals surface area (Å²) >= 11 is 0. The molecule has 5 rings (SSSR count). The molecule has 1 amide bonds. The van der Waals surface area contributed by atoms with Crippen molar-refractivity contribution in [3.63, 3.8) is 0 Å². The molecule has 9 nitrogen and oxygen atoms in total. The lowest BCUT2D eigenvalue weighted by Gasteiger charge is -2.30. The van der Waals surface area contributed by atoms with Crippen LogP contribution in [0.4, 0.5) is 5.82 Å². The van der Waals surface area contributed by atoms with Crippen molar-refractivity contribution in [2.24, 2.45) is 5.92 Å². The molecule has 0 radical (unpaired) electrons. The Labute approximate surface area is 230 Å². The first-order chi connectivity index (χ1) is 18.9. The van der Waals surface area contributed by atoms with Crippen LogP contribution in [0.2, 0.25) is 0 Å². The van der Waals surface area contributed by atoms with Gasteiger partial charge in [-0.05, 0) is 73.4 Å². The Morgan fingerprint density at radius 3 is 2.85 bits per heavy atom. The van der Waals surface area contributed by atoms with Gasteiger partial charge in [0, 0.05) is 43.5 Å². The van der Waals surface area contributed by atoms with Crippen LogP contribution in [0.25, 0.3) is 0 Å². The summed E-state index contributed by atoms with van der Waals surface area (Å²) in [4.78, 5) is 23.9. The van der Waals surface area contributed by atoms with E-state index in [2.05, 4.69) is 46.5 Å². The van der Waals surface area contributed by atoms with Crippen molar-refractivity contribution in [3.05, 3.63) is 71.1 Å². The van der Waals surface area contributed by atoms with Crippen molar-refractivity contribution in [1.82, 2.24) is 20.2 Å². The van der Waals surface area contributed by atoms with E-state index in [9.17, 15) is 9.90 Å². The van der Waals surface area contributed by atoms with E-state index >= 15 is 0 Å². The highest BCUT2D eigenvalue weighted by Gasteiger charge is 2.21. The van der Waals surface area contributed by atoms with Crippen LogP contribution in [0.1, 0.15) is 66.0 Å². The van der Waals surface area contributed by atoms with Crippen LogP contribution in [-0.2, 0) is 26.0 Å². The number of aliphatic hydroxyl groups is 1. The highest BCUT2D eigenvalue weighted by molar-refractivity contribution is 5.95. The van der Waals surface area contributed by atoms with Gasteiger partial charge in [0.1, 0.15) is 18.2 Å². The first-order valence-corrected chi connectivity index (χ1v) is 14.0. The largest absolute Gasteiger partial charge is 0.486 e. The number of hydrogen-bond acceptors (Lipinski definition) is 8. The number of carbonyl (C=O) groups excluding carboxylic acids is 1. The molecule has 2 aromatic heterocycles. The van der Waals surface area contributed by atoms with E-state index < -0.39 is 6.10 Å². The molecule has 0 bridgehead atoms. The maximum absolute atomic E-state index is 13.0. The third-order valence-electron chi connectivity index (χ3n) is 7.32. The second-order valence-electron chi connectivity index (χ2n) is 11.1.